The fraction of sp³-hybridized carbons (Fsp3) is 0.316. The highest BCUT2D eigenvalue weighted by atomic mass is 35.5. The van der Waals surface area contributed by atoms with Crippen molar-refractivity contribution in [3.63, 3.8) is 0 Å². The van der Waals surface area contributed by atoms with E-state index in [9.17, 15) is 9.59 Å². The third-order valence-electron chi connectivity index (χ3n) is 4.37. The van der Waals surface area contributed by atoms with Gasteiger partial charge in [-0.1, -0.05) is 17.7 Å². The number of benzene rings is 1. The van der Waals surface area contributed by atoms with Gasteiger partial charge in [0.15, 0.2) is 0 Å². The molecule has 6 nitrogen and oxygen atoms in total. The van der Waals surface area contributed by atoms with E-state index in [1.54, 1.807) is 34.2 Å². The molecule has 0 saturated carbocycles. The van der Waals surface area contributed by atoms with Gasteiger partial charge in [0.1, 0.15) is 5.75 Å². The minimum atomic E-state index is -0.138. The van der Waals surface area contributed by atoms with Crippen LogP contribution in [0.4, 0.5) is 0 Å². The zero-order valence-corrected chi connectivity index (χ0v) is 15.3. The van der Waals surface area contributed by atoms with Crippen LogP contribution in [0.2, 0.25) is 5.02 Å². The van der Waals surface area contributed by atoms with Gasteiger partial charge in [0.2, 0.25) is 5.91 Å². The Balaban J connectivity index is 1.60. The Kier molecular flexibility index (Phi) is 5.73. The van der Waals surface area contributed by atoms with Gasteiger partial charge in [-0.15, -0.1) is 0 Å². The predicted octanol–water partition coefficient (Wildman–Crippen LogP) is 2.27. The molecule has 1 fully saturated rings. The van der Waals surface area contributed by atoms with E-state index in [4.69, 9.17) is 16.3 Å². The molecule has 0 atom stereocenters. The van der Waals surface area contributed by atoms with Crippen molar-refractivity contribution in [3.8, 4) is 5.75 Å². The Labute approximate surface area is 157 Å². The Hall–Kier alpha value is -2.60. The molecule has 2 heterocycles. The van der Waals surface area contributed by atoms with Gasteiger partial charge in [-0.25, -0.2) is 0 Å². The van der Waals surface area contributed by atoms with Gasteiger partial charge in [0, 0.05) is 43.1 Å². The molecule has 0 N–H and O–H groups in total. The quantitative estimate of drug-likeness (QED) is 0.824. The topological polar surface area (TPSA) is 62.7 Å². The summed E-state index contributed by atoms with van der Waals surface area (Å²) in [5.41, 5.74) is 1.19. The predicted molar refractivity (Wildman–Crippen MR) is 98.4 cm³/mol. The number of amides is 2. The fourth-order valence-corrected chi connectivity index (χ4v) is 3.12. The first-order valence-corrected chi connectivity index (χ1v) is 8.77. The minimum Gasteiger partial charge on any atom is -0.496 e. The van der Waals surface area contributed by atoms with Crippen LogP contribution in [-0.4, -0.2) is 59.9 Å². The summed E-state index contributed by atoms with van der Waals surface area (Å²) in [6.07, 6.45) is 1.95. The number of piperazine rings is 1. The average Bonchev–Trinajstić information content (AvgIpc) is 2.68. The molecule has 0 aliphatic carbocycles. The van der Waals surface area contributed by atoms with E-state index >= 15 is 0 Å². The lowest BCUT2D eigenvalue weighted by Gasteiger charge is -2.35. The van der Waals surface area contributed by atoms with Crippen LogP contribution in [0.15, 0.2) is 42.6 Å². The summed E-state index contributed by atoms with van der Waals surface area (Å²) in [6, 6.07) is 10.5. The molecule has 1 aromatic carbocycles. The second-order valence-corrected chi connectivity index (χ2v) is 6.45. The van der Waals surface area contributed by atoms with Crippen LogP contribution in [0.1, 0.15) is 16.1 Å². The van der Waals surface area contributed by atoms with Crippen LogP contribution in [0.3, 0.4) is 0 Å². The number of pyridine rings is 1. The molecular formula is C19H20ClN3O3. The molecule has 136 valence electrons. The van der Waals surface area contributed by atoms with Crippen molar-refractivity contribution < 1.29 is 14.3 Å². The fourth-order valence-electron chi connectivity index (χ4n) is 2.95. The molecule has 1 aliphatic heterocycles. The van der Waals surface area contributed by atoms with Crippen molar-refractivity contribution in [2.75, 3.05) is 33.3 Å². The average molecular weight is 374 g/mol. The van der Waals surface area contributed by atoms with Gasteiger partial charge in [-0.05, 0) is 30.3 Å². The number of carbonyl (C=O) groups is 2. The zero-order chi connectivity index (χ0) is 18.5. The van der Waals surface area contributed by atoms with Gasteiger partial charge in [-0.3, -0.25) is 14.6 Å². The molecule has 1 aromatic heterocycles. The standard InChI is InChI=1S/C19H20ClN3O3/c1-26-17-6-5-14(20)12-16(17)19(25)23-10-8-22(9-11-23)18(24)13-15-4-2-3-7-21-15/h2-7,12H,8-11,13H2,1H3. The molecule has 0 spiro atoms. The SMILES string of the molecule is COc1ccc(Cl)cc1C(=O)N1CCN(C(=O)Cc2ccccn2)CC1. The highest BCUT2D eigenvalue weighted by molar-refractivity contribution is 6.31. The third kappa shape index (κ3) is 4.14. The second-order valence-electron chi connectivity index (χ2n) is 6.02. The molecule has 0 radical (unpaired) electrons. The summed E-state index contributed by atoms with van der Waals surface area (Å²) in [7, 11) is 1.52. The number of hydrogen-bond acceptors (Lipinski definition) is 4. The van der Waals surface area contributed by atoms with Crippen LogP contribution >= 0.6 is 11.6 Å². The van der Waals surface area contributed by atoms with E-state index in [0.717, 1.165) is 5.69 Å². The van der Waals surface area contributed by atoms with Gasteiger partial charge in [0.05, 0.1) is 19.1 Å². The normalized spacial score (nSPS) is 14.2. The Morgan fingerprint density at radius 2 is 1.85 bits per heavy atom. The van der Waals surface area contributed by atoms with Gasteiger partial charge < -0.3 is 14.5 Å². The zero-order valence-electron chi connectivity index (χ0n) is 14.5. The molecule has 1 aliphatic rings. The van der Waals surface area contributed by atoms with E-state index in [1.807, 2.05) is 18.2 Å². The number of hydrogen-bond donors (Lipinski definition) is 0. The number of rotatable bonds is 4. The molecule has 0 unspecified atom stereocenters. The lowest BCUT2D eigenvalue weighted by molar-refractivity contribution is -0.132. The molecule has 7 heteroatoms. The Morgan fingerprint density at radius 1 is 1.12 bits per heavy atom. The molecule has 3 rings (SSSR count). The molecular weight excluding hydrogens is 354 g/mol. The number of aromatic nitrogens is 1. The lowest BCUT2D eigenvalue weighted by atomic mass is 10.1. The van der Waals surface area contributed by atoms with E-state index in [2.05, 4.69) is 4.98 Å². The van der Waals surface area contributed by atoms with Gasteiger partial charge in [0.25, 0.3) is 5.91 Å². The lowest BCUT2D eigenvalue weighted by Crippen LogP contribution is -2.51. The van der Waals surface area contributed by atoms with Gasteiger partial charge in [-0.2, -0.15) is 0 Å². The summed E-state index contributed by atoms with van der Waals surface area (Å²) in [4.78, 5) is 32.9. The van der Waals surface area contributed by atoms with Crippen LogP contribution < -0.4 is 4.74 Å². The molecule has 1 saturated heterocycles. The first-order valence-electron chi connectivity index (χ1n) is 8.39. The summed E-state index contributed by atoms with van der Waals surface area (Å²) in [5, 5.41) is 0.485. The monoisotopic (exact) mass is 373 g/mol. The highest BCUT2D eigenvalue weighted by Gasteiger charge is 2.26. The van der Waals surface area contributed by atoms with Crippen molar-refractivity contribution in [1.82, 2.24) is 14.8 Å². The molecule has 26 heavy (non-hydrogen) atoms. The number of carbonyl (C=O) groups excluding carboxylic acids is 2. The first-order chi connectivity index (χ1) is 12.6. The van der Waals surface area contributed by atoms with Gasteiger partial charge >= 0.3 is 0 Å². The molecule has 2 aromatic rings. The first kappa shape index (κ1) is 18.2. The van der Waals surface area contributed by atoms with Crippen LogP contribution in [0.5, 0.6) is 5.75 Å². The summed E-state index contributed by atoms with van der Waals surface area (Å²) in [5.74, 6) is 0.380. The minimum absolute atomic E-state index is 0.0242. The maximum Gasteiger partial charge on any atom is 0.257 e. The summed E-state index contributed by atoms with van der Waals surface area (Å²) < 4.78 is 5.26. The van der Waals surface area contributed by atoms with E-state index in [1.165, 1.54) is 7.11 Å². The second kappa shape index (κ2) is 8.19. The Bertz CT molecular complexity index is 790. The smallest absolute Gasteiger partial charge is 0.257 e. The van der Waals surface area contributed by atoms with Crippen LogP contribution in [0.25, 0.3) is 0 Å². The Morgan fingerprint density at radius 3 is 2.50 bits per heavy atom. The van der Waals surface area contributed by atoms with Crippen molar-refractivity contribution in [3.05, 3.63) is 58.9 Å². The highest BCUT2D eigenvalue weighted by Crippen LogP contribution is 2.24. The largest absolute Gasteiger partial charge is 0.496 e. The van der Waals surface area contributed by atoms with E-state index < -0.39 is 0 Å². The maximum absolute atomic E-state index is 12.8. The number of methoxy groups -OCH3 is 1. The van der Waals surface area contributed by atoms with Crippen molar-refractivity contribution in [2.24, 2.45) is 0 Å². The number of nitrogens with zero attached hydrogens (tertiary/aromatic N) is 3. The van der Waals surface area contributed by atoms with Crippen LogP contribution in [-0.2, 0) is 11.2 Å². The van der Waals surface area contributed by atoms with Crippen molar-refractivity contribution in [1.29, 1.82) is 0 Å². The number of ether oxygens (including phenoxy) is 1. The van der Waals surface area contributed by atoms with E-state index in [0.29, 0.717) is 42.5 Å². The summed E-state index contributed by atoms with van der Waals surface area (Å²) in [6.45, 7) is 1.95. The van der Waals surface area contributed by atoms with Crippen LogP contribution in [0, 0.1) is 0 Å². The number of halogens is 1. The van der Waals surface area contributed by atoms with Crippen molar-refractivity contribution >= 4 is 23.4 Å². The van der Waals surface area contributed by atoms with E-state index in [-0.39, 0.29) is 18.2 Å². The molecule has 2 amide bonds. The third-order valence-corrected chi connectivity index (χ3v) is 4.61. The van der Waals surface area contributed by atoms with Crippen molar-refractivity contribution in [2.45, 2.75) is 6.42 Å². The maximum atomic E-state index is 12.8. The summed E-state index contributed by atoms with van der Waals surface area (Å²) >= 11 is 6.01. The molecule has 0 bridgehead atoms.